The summed E-state index contributed by atoms with van der Waals surface area (Å²) in [5.74, 6) is -2.51. The zero-order valence-electron chi connectivity index (χ0n) is 11.4. The summed E-state index contributed by atoms with van der Waals surface area (Å²) in [7, 11) is 0. The number of rotatable bonds is 4. The van der Waals surface area contributed by atoms with Crippen molar-refractivity contribution in [1.29, 1.82) is 0 Å². The van der Waals surface area contributed by atoms with Crippen molar-refractivity contribution in [1.82, 2.24) is 0 Å². The zero-order valence-corrected chi connectivity index (χ0v) is 14.5. The van der Waals surface area contributed by atoms with Gasteiger partial charge in [-0.15, -0.1) is 0 Å². The average Bonchev–Trinajstić information content (AvgIpc) is 2.48. The Bertz CT molecular complexity index is 811. The van der Waals surface area contributed by atoms with Gasteiger partial charge in [0.1, 0.15) is 11.3 Å². The highest BCUT2D eigenvalue weighted by molar-refractivity contribution is 9.10. The molecule has 0 aliphatic heterocycles. The van der Waals surface area contributed by atoms with Crippen LogP contribution >= 0.6 is 39.1 Å². The molecule has 0 saturated carbocycles. The summed E-state index contributed by atoms with van der Waals surface area (Å²) in [6.07, 6.45) is 2.58. The van der Waals surface area contributed by atoms with Gasteiger partial charge in [-0.2, -0.15) is 0 Å². The molecule has 0 spiro atoms. The fraction of sp³-hybridized carbons (Fsp3) is 0. The van der Waals surface area contributed by atoms with Gasteiger partial charge in [0, 0.05) is 20.1 Å². The molecule has 0 heterocycles. The van der Waals surface area contributed by atoms with Gasteiger partial charge in [-0.1, -0.05) is 45.2 Å². The van der Waals surface area contributed by atoms with Crippen LogP contribution in [0.15, 0.2) is 40.9 Å². The van der Waals surface area contributed by atoms with E-state index in [1.165, 1.54) is 24.3 Å². The van der Waals surface area contributed by atoms with E-state index in [0.717, 1.165) is 0 Å². The molecule has 4 nitrogen and oxygen atoms in total. The smallest absolute Gasteiger partial charge is 0.339 e. The molecule has 23 heavy (non-hydrogen) atoms. The van der Waals surface area contributed by atoms with Crippen LogP contribution in [-0.4, -0.2) is 22.0 Å². The second-order valence-electron chi connectivity index (χ2n) is 4.49. The summed E-state index contributed by atoms with van der Waals surface area (Å²) in [6, 6.07) is 7.46. The van der Waals surface area contributed by atoms with Gasteiger partial charge in [0.05, 0.1) is 5.56 Å². The van der Waals surface area contributed by atoms with Crippen molar-refractivity contribution in [3.8, 4) is 5.75 Å². The summed E-state index contributed by atoms with van der Waals surface area (Å²) < 4.78 is 0.361. The number of carbonyl (C=O) groups excluding carboxylic acids is 1. The number of aromatic carboxylic acids is 1. The van der Waals surface area contributed by atoms with Gasteiger partial charge >= 0.3 is 5.97 Å². The molecule has 0 aromatic heterocycles. The van der Waals surface area contributed by atoms with Crippen LogP contribution in [0.2, 0.25) is 10.0 Å². The van der Waals surface area contributed by atoms with Crippen molar-refractivity contribution in [2.24, 2.45) is 0 Å². The van der Waals surface area contributed by atoms with Crippen LogP contribution in [0, 0.1) is 0 Å². The predicted molar refractivity (Wildman–Crippen MR) is 92.6 cm³/mol. The maximum absolute atomic E-state index is 12.2. The fourth-order valence-electron chi connectivity index (χ4n) is 1.87. The summed E-state index contributed by atoms with van der Waals surface area (Å²) in [5, 5.41) is 19.7. The lowest BCUT2D eigenvalue weighted by Crippen LogP contribution is -2.03. The number of allylic oxidation sites excluding steroid dienone is 1. The van der Waals surface area contributed by atoms with Crippen molar-refractivity contribution in [2.45, 2.75) is 0 Å². The van der Waals surface area contributed by atoms with E-state index < -0.39 is 17.5 Å². The van der Waals surface area contributed by atoms with E-state index in [-0.39, 0.29) is 11.1 Å². The number of ketones is 1. The molecule has 0 fully saturated rings. The van der Waals surface area contributed by atoms with Crippen LogP contribution in [0.25, 0.3) is 6.08 Å². The molecule has 0 aliphatic rings. The fourth-order valence-corrected chi connectivity index (χ4v) is 2.85. The minimum Gasteiger partial charge on any atom is -0.506 e. The molecule has 0 radical (unpaired) electrons. The standard InChI is InChI=1S/C16H9BrCl2O4/c17-8-6-10(15(21)11(7-8)16(22)23)14(20)5-4-9-12(18)2-1-3-13(9)19/h1-7,21H,(H,22,23)/b5-4+. The van der Waals surface area contributed by atoms with Crippen molar-refractivity contribution < 1.29 is 19.8 Å². The van der Waals surface area contributed by atoms with Crippen molar-refractivity contribution in [3.63, 3.8) is 0 Å². The summed E-state index contributed by atoms with van der Waals surface area (Å²) >= 11 is 15.1. The number of halogens is 3. The first kappa shape index (κ1) is 17.5. The number of carboxylic acids is 1. The van der Waals surface area contributed by atoms with E-state index in [9.17, 15) is 14.7 Å². The SMILES string of the molecule is O=C(O)c1cc(Br)cc(C(=O)/C=C/c2c(Cl)cccc2Cl)c1O. The second kappa shape index (κ2) is 7.17. The first-order valence-electron chi connectivity index (χ1n) is 6.23. The third-order valence-electron chi connectivity index (χ3n) is 2.97. The van der Waals surface area contributed by atoms with Gasteiger partial charge in [0.2, 0.25) is 0 Å². The quantitative estimate of drug-likeness (QED) is 0.540. The van der Waals surface area contributed by atoms with Crippen LogP contribution in [0.4, 0.5) is 0 Å². The Labute approximate surface area is 150 Å². The zero-order chi connectivity index (χ0) is 17.1. The highest BCUT2D eigenvalue weighted by Crippen LogP contribution is 2.29. The van der Waals surface area contributed by atoms with E-state index in [0.29, 0.717) is 20.1 Å². The van der Waals surface area contributed by atoms with Gasteiger partial charge in [0.25, 0.3) is 0 Å². The Hall–Kier alpha value is -1.82. The lowest BCUT2D eigenvalue weighted by Gasteiger charge is -2.06. The van der Waals surface area contributed by atoms with Crippen LogP contribution in [0.3, 0.4) is 0 Å². The van der Waals surface area contributed by atoms with Crippen LogP contribution in [0.1, 0.15) is 26.3 Å². The molecular formula is C16H9BrCl2O4. The van der Waals surface area contributed by atoms with Crippen LogP contribution in [-0.2, 0) is 0 Å². The lowest BCUT2D eigenvalue weighted by atomic mass is 10.0. The van der Waals surface area contributed by atoms with Crippen molar-refractivity contribution in [3.05, 3.63) is 67.6 Å². The van der Waals surface area contributed by atoms with Crippen LogP contribution < -0.4 is 0 Å². The van der Waals surface area contributed by atoms with E-state index in [4.69, 9.17) is 28.3 Å². The number of phenols is 1. The highest BCUT2D eigenvalue weighted by Gasteiger charge is 2.18. The third kappa shape index (κ3) is 3.93. The molecule has 0 bridgehead atoms. The van der Waals surface area contributed by atoms with Gasteiger partial charge < -0.3 is 10.2 Å². The lowest BCUT2D eigenvalue weighted by molar-refractivity contribution is 0.0693. The minimum absolute atomic E-state index is 0.142. The Morgan fingerprint density at radius 2 is 1.65 bits per heavy atom. The van der Waals surface area contributed by atoms with E-state index >= 15 is 0 Å². The number of aromatic hydroxyl groups is 1. The summed E-state index contributed by atoms with van der Waals surface area (Å²) in [4.78, 5) is 23.3. The molecular weight excluding hydrogens is 407 g/mol. The van der Waals surface area contributed by atoms with E-state index in [1.54, 1.807) is 18.2 Å². The van der Waals surface area contributed by atoms with E-state index in [1.807, 2.05) is 0 Å². The molecule has 0 atom stereocenters. The predicted octanol–water partition coefficient (Wildman–Crippen LogP) is 5.06. The van der Waals surface area contributed by atoms with Crippen molar-refractivity contribution >= 4 is 57.0 Å². The number of carboxylic acid groups (broad SMARTS) is 1. The Morgan fingerprint density at radius 3 is 2.22 bits per heavy atom. The second-order valence-corrected chi connectivity index (χ2v) is 6.22. The molecule has 0 unspecified atom stereocenters. The maximum atomic E-state index is 12.2. The van der Waals surface area contributed by atoms with Crippen LogP contribution in [0.5, 0.6) is 5.75 Å². The van der Waals surface area contributed by atoms with E-state index in [2.05, 4.69) is 15.9 Å². The molecule has 0 aliphatic carbocycles. The molecule has 0 saturated heterocycles. The molecule has 2 aromatic carbocycles. The highest BCUT2D eigenvalue weighted by atomic mass is 79.9. The Balaban J connectivity index is 2.42. The Morgan fingerprint density at radius 1 is 1.09 bits per heavy atom. The van der Waals surface area contributed by atoms with Gasteiger partial charge in [-0.3, -0.25) is 4.79 Å². The van der Waals surface area contributed by atoms with Gasteiger partial charge in [0.15, 0.2) is 5.78 Å². The summed E-state index contributed by atoms with van der Waals surface area (Å²) in [5.41, 5.74) is -0.0553. The number of hydrogen-bond donors (Lipinski definition) is 2. The molecule has 2 aromatic rings. The molecule has 2 N–H and O–H groups in total. The number of benzene rings is 2. The monoisotopic (exact) mass is 414 g/mol. The molecule has 118 valence electrons. The average molecular weight is 416 g/mol. The molecule has 7 heteroatoms. The molecule has 2 rings (SSSR count). The number of hydrogen-bond acceptors (Lipinski definition) is 3. The first-order chi connectivity index (χ1) is 10.8. The largest absolute Gasteiger partial charge is 0.506 e. The first-order valence-corrected chi connectivity index (χ1v) is 7.78. The van der Waals surface area contributed by atoms with Gasteiger partial charge in [-0.25, -0.2) is 4.79 Å². The van der Waals surface area contributed by atoms with Crippen molar-refractivity contribution in [2.75, 3.05) is 0 Å². The summed E-state index contributed by atoms with van der Waals surface area (Å²) in [6.45, 7) is 0. The minimum atomic E-state index is -1.34. The third-order valence-corrected chi connectivity index (χ3v) is 4.09. The topological polar surface area (TPSA) is 74.6 Å². The number of carbonyl (C=O) groups is 2. The Kier molecular flexibility index (Phi) is 5.46. The normalized spacial score (nSPS) is 10.9. The maximum Gasteiger partial charge on any atom is 0.339 e. The van der Waals surface area contributed by atoms with Gasteiger partial charge in [-0.05, 0) is 36.4 Å². The molecule has 0 amide bonds.